The summed E-state index contributed by atoms with van der Waals surface area (Å²) in [7, 11) is 0. The van der Waals surface area contributed by atoms with Gasteiger partial charge in [-0.1, -0.05) is 113 Å². The van der Waals surface area contributed by atoms with Crippen molar-refractivity contribution in [2.24, 2.45) is 0 Å². The summed E-state index contributed by atoms with van der Waals surface area (Å²) in [5, 5.41) is 0. The first kappa shape index (κ1) is 37.2. The van der Waals surface area contributed by atoms with E-state index in [1.165, 1.54) is 89.6 Å². The summed E-state index contributed by atoms with van der Waals surface area (Å²) >= 11 is 1.29. The predicted molar refractivity (Wildman–Crippen MR) is 246 cm³/mol. The second-order valence-electron chi connectivity index (χ2n) is 17.8. The molecule has 0 unspecified atom stereocenters. The maximum Gasteiger partial charge on any atom is 0.119 e. The van der Waals surface area contributed by atoms with E-state index in [1.54, 1.807) is 0 Å². The van der Waals surface area contributed by atoms with Gasteiger partial charge >= 0.3 is 0 Å². The zero-order chi connectivity index (χ0) is 40.8. The molecule has 0 saturated carbocycles. The second-order valence-corrected chi connectivity index (χ2v) is 18.3. The summed E-state index contributed by atoms with van der Waals surface area (Å²) in [6.45, 7) is 17.6. The molecule has 1 aromatic heterocycles. The summed E-state index contributed by atoms with van der Waals surface area (Å²) in [5.74, 6) is 1.80. The van der Waals surface area contributed by atoms with Crippen LogP contribution in [0.1, 0.15) is 77.6 Å². The standard InChI is InChI=1S/C54H48N2O2S/c1-31(2)57-39-17-9-33(10-18-39)35-13-21-43-45-23-15-37(29-49(45)53(5,6)47(43)27-35)41-25-26-42(52-51(41)55-59-56-52)38-16-24-46-44-22-14-36(28-48(44)54(7,8)50(46)30-38)34-11-19-40(20-12-34)58-32(3)4/h9-32H,1-8H3. The maximum atomic E-state index is 5.90. The van der Waals surface area contributed by atoms with Crippen molar-refractivity contribution in [2.75, 3.05) is 0 Å². The van der Waals surface area contributed by atoms with E-state index in [1.807, 2.05) is 0 Å². The quantitative estimate of drug-likeness (QED) is 0.154. The molecule has 0 amide bonds. The van der Waals surface area contributed by atoms with Gasteiger partial charge in [0.15, 0.2) is 0 Å². The number of nitrogens with zero attached hydrogens (tertiary/aromatic N) is 2. The van der Waals surface area contributed by atoms with Gasteiger partial charge in [0.2, 0.25) is 0 Å². The van der Waals surface area contributed by atoms with Crippen LogP contribution in [-0.4, -0.2) is 21.0 Å². The molecule has 0 saturated heterocycles. The van der Waals surface area contributed by atoms with E-state index < -0.39 is 0 Å². The van der Waals surface area contributed by atoms with Crippen LogP contribution in [0, 0.1) is 0 Å². The van der Waals surface area contributed by atoms with Crippen molar-refractivity contribution >= 4 is 22.8 Å². The molecule has 0 fully saturated rings. The molecule has 1 heterocycles. The van der Waals surface area contributed by atoms with Crippen LogP contribution in [0.5, 0.6) is 11.5 Å². The van der Waals surface area contributed by atoms with Crippen molar-refractivity contribution in [3.8, 4) is 78.3 Å². The molecule has 59 heavy (non-hydrogen) atoms. The Balaban J connectivity index is 0.957. The molecular formula is C54H48N2O2S. The van der Waals surface area contributed by atoms with Crippen molar-refractivity contribution in [1.29, 1.82) is 0 Å². The number of fused-ring (bicyclic) bond motifs is 7. The van der Waals surface area contributed by atoms with Gasteiger partial charge in [0.1, 0.15) is 22.5 Å². The molecule has 0 N–H and O–H groups in total. The van der Waals surface area contributed by atoms with Crippen LogP contribution in [0.3, 0.4) is 0 Å². The minimum Gasteiger partial charge on any atom is -0.491 e. The molecule has 0 atom stereocenters. The number of benzene rings is 7. The van der Waals surface area contributed by atoms with Gasteiger partial charge in [0.05, 0.1) is 23.9 Å². The van der Waals surface area contributed by atoms with Crippen molar-refractivity contribution < 1.29 is 9.47 Å². The molecule has 10 rings (SSSR count). The molecule has 0 radical (unpaired) electrons. The van der Waals surface area contributed by atoms with Gasteiger partial charge in [-0.15, -0.1) is 0 Å². The van der Waals surface area contributed by atoms with Gasteiger partial charge in [-0.2, -0.15) is 8.75 Å². The zero-order valence-electron chi connectivity index (χ0n) is 35.0. The maximum absolute atomic E-state index is 5.90. The zero-order valence-corrected chi connectivity index (χ0v) is 35.8. The van der Waals surface area contributed by atoms with E-state index >= 15 is 0 Å². The lowest BCUT2D eigenvalue weighted by atomic mass is 9.80. The molecule has 2 aliphatic rings. The van der Waals surface area contributed by atoms with E-state index in [4.69, 9.17) is 18.2 Å². The number of hydrogen-bond acceptors (Lipinski definition) is 5. The van der Waals surface area contributed by atoms with Gasteiger partial charge in [-0.25, -0.2) is 0 Å². The van der Waals surface area contributed by atoms with E-state index in [9.17, 15) is 0 Å². The first-order valence-corrected chi connectivity index (χ1v) is 21.5. The first-order chi connectivity index (χ1) is 28.4. The minimum atomic E-state index is -0.167. The lowest BCUT2D eigenvalue weighted by molar-refractivity contribution is 0.242. The third-order valence-corrected chi connectivity index (χ3v) is 13.0. The normalized spacial score (nSPS) is 14.3. The van der Waals surface area contributed by atoms with Crippen molar-refractivity contribution in [3.05, 3.63) is 156 Å². The van der Waals surface area contributed by atoms with Gasteiger partial charge in [0.25, 0.3) is 0 Å². The Bertz CT molecular complexity index is 2740. The second kappa shape index (κ2) is 13.8. The van der Waals surface area contributed by atoms with Crippen LogP contribution in [-0.2, 0) is 10.8 Å². The number of aromatic nitrogens is 2. The van der Waals surface area contributed by atoms with E-state index in [-0.39, 0.29) is 23.0 Å². The monoisotopic (exact) mass is 788 g/mol. The fraction of sp³-hybridized carbons (Fsp3) is 0.222. The summed E-state index contributed by atoms with van der Waals surface area (Å²) in [6.07, 6.45) is 0.302. The van der Waals surface area contributed by atoms with Crippen LogP contribution >= 0.6 is 11.7 Å². The van der Waals surface area contributed by atoms with E-state index in [2.05, 4.69) is 189 Å². The fourth-order valence-corrected chi connectivity index (χ4v) is 10.1. The molecule has 5 heteroatoms. The summed E-state index contributed by atoms with van der Waals surface area (Å²) < 4.78 is 21.6. The van der Waals surface area contributed by atoms with Crippen molar-refractivity contribution in [2.45, 2.75) is 78.4 Å². The highest BCUT2D eigenvalue weighted by atomic mass is 32.1. The SMILES string of the molecule is CC(C)Oc1ccc(-c2ccc3c(c2)C(C)(C)c2cc(-c4ccc(-c5ccc6c(c5)C(C)(C)c5cc(-c7ccc(OC(C)C)cc7)ccc5-6)c5nsnc45)ccc2-3)cc1. The highest BCUT2D eigenvalue weighted by molar-refractivity contribution is 7.00. The molecule has 0 bridgehead atoms. The Kier molecular flexibility index (Phi) is 8.70. The minimum absolute atomic E-state index is 0.151. The Morgan fingerprint density at radius 2 is 0.661 bits per heavy atom. The fourth-order valence-electron chi connectivity index (χ4n) is 9.50. The Hall–Kier alpha value is -6.04. The van der Waals surface area contributed by atoms with Crippen molar-refractivity contribution in [1.82, 2.24) is 8.75 Å². The summed E-state index contributed by atoms with van der Waals surface area (Å²) in [6, 6.07) is 49.2. The average Bonchev–Trinajstić information content (AvgIpc) is 3.87. The van der Waals surface area contributed by atoms with Crippen molar-refractivity contribution in [3.63, 3.8) is 0 Å². The largest absolute Gasteiger partial charge is 0.491 e. The lowest BCUT2D eigenvalue weighted by Crippen LogP contribution is -2.15. The smallest absolute Gasteiger partial charge is 0.119 e. The Morgan fingerprint density at radius 3 is 1.00 bits per heavy atom. The van der Waals surface area contributed by atoms with E-state index in [0.29, 0.717) is 0 Å². The number of rotatable bonds is 8. The average molecular weight is 789 g/mol. The molecule has 7 aromatic carbocycles. The van der Waals surface area contributed by atoms with Crippen LogP contribution in [0.15, 0.2) is 133 Å². The Labute approximate surface area is 351 Å². The van der Waals surface area contributed by atoms with Gasteiger partial charge in [0, 0.05) is 22.0 Å². The summed E-state index contributed by atoms with van der Waals surface area (Å²) in [4.78, 5) is 0. The van der Waals surface area contributed by atoms with Crippen LogP contribution < -0.4 is 9.47 Å². The lowest BCUT2D eigenvalue weighted by Gasteiger charge is -2.23. The van der Waals surface area contributed by atoms with Crippen LogP contribution in [0.25, 0.3) is 77.8 Å². The van der Waals surface area contributed by atoms with Gasteiger partial charge in [-0.3, -0.25) is 0 Å². The predicted octanol–water partition coefficient (Wildman–Crippen LogP) is 14.5. The topological polar surface area (TPSA) is 44.2 Å². The summed E-state index contributed by atoms with van der Waals surface area (Å²) in [5.41, 5.74) is 21.5. The highest BCUT2D eigenvalue weighted by Gasteiger charge is 2.37. The van der Waals surface area contributed by atoms with Gasteiger partial charge in [-0.05, 0) is 154 Å². The Morgan fingerprint density at radius 1 is 0.373 bits per heavy atom. The third kappa shape index (κ3) is 6.17. The molecule has 2 aliphatic carbocycles. The van der Waals surface area contributed by atoms with Gasteiger partial charge < -0.3 is 9.47 Å². The molecule has 0 spiro atoms. The van der Waals surface area contributed by atoms with Crippen LogP contribution in [0.4, 0.5) is 0 Å². The first-order valence-electron chi connectivity index (χ1n) is 20.8. The number of ether oxygens (including phenoxy) is 2. The molecular weight excluding hydrogens is 741 g/mol. The molecule has 8 aromatic rings. The molecule has 292 valence electrons. The molecule has 0 aliphatic heterocycles. The highest BCUT2D eigenvalue weighted by Crippen LogP contribution is 2.53. The van der Waals surface area contributed by atoms with Crippen LogP contribution in [0.2, 0.25) is 0 Å². The van der Waals surface area contributed by atoms with E-state index in [0.717, 1.165) is 33.7 Å². The molecule has 4 nitrogen and oxygen atoms in total. The third-order valence-electron chi connectivity index (χ3n) is 12.5. The number of hydrogen-bond donors (Lipinski definition) is 0.